The molecule has 0 amide bonds. The monoisotopic (exact) mass is 156 g/mol. The van der Waals surface area contributed by atoms with Crippen LogP contribution in [-0.2, 0) is 0 Å². The molecule has 0 saturated heterocycles. The molecule has 0 spiro atoms. The number of aliphatic hydroxyl groups is 1. The van der Waals surface area contributed by atoms with Crippen molar-refractivity contribution in [3.8, 4) is 6.07 Å². The summed E-state index contributed by atoms with van der Waals surface area (Å²) in [6, 6.07) is 1.91. The highest BCUT2D eigenvalue weighted by Gasteiger charge is 2.13. The third-order valence-electron chi connectivity index (χ3n) is 1.66. The lowest BCUT2D eigenvalue weighted by Gasteiger charge is -2.20. The van der Waals surface area contributed by atoms with Crippen LogP contribution in [0.5, 0.6) is 0 Å². The third-order valence-corrected chi connectivity index (χ3v) is 1.66. The van der Waals surface area contributed by atoms with Crippen LogP contribution < -0.4 is 5.32 Å². The van der Waals surface area contributed by atoms with Gasteiger partial charge in [0.05, 0.1) is 18.7 Å². The molecule has 2 atom stereocenters. The zero-order chi connectivity index (χ0) is 8.85. The van der Waals surface area contributed by atoms with Crippen LogP contribution in [0.25, 0.3) is 0 Å². The minimum Gasteiger partial charge on any atom is -0.395 e. The van der Waals surface area contributed by atoms with Crippen LogP contribution in [0, 0.1) is 17.2 Å². The van der Waals surface area contributed by atoms with Crippen molar-refractivity contribution >= 4 is 0 Å². The zero-order valence-corrected chi connectivity index (χ0v) is 7.33. The van der Waals surface area contributed by atoms with E-state index in [9.17, 15) is 0 Å². The van der Waals surface area contributed by atoms with Crippen LogP contribution in [-0.4, -0.2) is 23.8 Å². The van der Waals surface area contributed by atoms with Gasteiger partial charge in [0.15, 0.2) is 0 Å². The fourth-order valence-corrected chi connectivity index (χ4v) is 0.814. The summed E-state index contributed by atoms with van der Waals surface area (Å²) in [5.41, 5.74) is 0. The smallest absolute Gasteiger partial charge is 0.0927 e. The van der Waals surface area contributed by atoms with Crippen LogP contribution in [0.4, 0.5) is 0 Å². The predicted octanol–water partition coefficient (Wildman–Crippen LogP) is 0.505. The molecule has 0 saturated carbocycles. The Bertz CT molecular complexity index is 140. The van der Waals surface area contributed by atoms with E-state index in [1.807, 2.05) is 13.8 Å². The molecule has 0 fully saturated rings. The molecular formula is C8H16N2O. The average molecular weight is 156 g/mol. The highest BCUT2D eigenvalue weighted by Crippen LogP contribution is 2.00. The van der Waals surface area contributed by atoms with Crippen molar-refractivity contribution in [2.24, 2.45) is 5.92 Å². The average Bonchev–Trinajstić information content (AvgIpc) is 1.99. The largest absolute Gasteiger partial charge is 0.395 e. The Morgan fingerprint density at radius 3 is 2.27 bits per heavy atom. The van der Waals surface area contributed by atoms with E-state index < -0.39 is 0 Å². The van der Waals surface area contributed by atoms with Gasteiger partial charge in [0, 0.05) is 6.04 Å². The van der Waals surface area contributed by atoms with E-state index in [0.29, 0.717) is 5.92 Å². The molecule has 3 heteroatoms. The Kier molecular flexibility index (Phi) is 4.84. The van der Waals surface area contributed by atoms with Crippen LogP contribution in [0.1, 0.15) is 20.8 Å². The Balaban J connectivity index is 3.80. The predicted molar refractivity (Wildman–Crippen MR) is 43.9 cm³/mol. The third kappa shape index (κ3) is 3.97. The van der Waals surface area contributed by atoms with E-state index in [1.54, 1.807) is 6.92 Å². The maximum absolute atomic E-state index is 8.87. The molecule has 0 aliphatic rings. The highest BCUT2D eigenvalue weighted by atomic mass is 16.3. The van der Waals surface area contributed by atoms with E-state index in [1.165, 1.54) is 0 Å². The summed E-state index contributed by atoms with van der Waals surface area (Å²) >= 11 is 0. The number of rotatable bonds is 4. The van der Waals surface area contributed by atoms with Crippen molar-refractivity contribution in [2.75, 3.05) is 6.61 Å². The first-order chi connectivity index (χ1) is 5.11. The number of nitriles is 1. The van der Waals surface area contributed by atoms with Gasteiger partial charge in [0.1, 0.15) is 0 Å². The van der Waals surface area contributed by atoms with Crippen molar-refractivity contribution in [1.29, 1.82) is 5.26 Å². The minimum absolute atomic E-state index is 0.0321. The van der Waals surface area contributed by atoms with Crippen LogP contribution >= 0.6 is 0 Å². The van der Waals surface area contributed by atoms with Gasteiger partial charge in [-0.15, -0.1) is 0 Å². The number of nitrogens with zero attached hydrogens (tertiary/aromatic N) is 1. The molecule has 0 heterocycles. The Morgan fingerprint density at radius 2 is 2.00 bits per heavy atom. The molecule has 0 radical (unpaired) electrons. The summed E-state index contributed by atoms with van der Waals surface area (Å²) < 4.78 is 0. The van der Waals surface area contributed by atoms with E-state index in [-0.39, 0.29) is 18.7 Å². The van der Waals surface area contributed by atoms with E-state index in [4.69, 9.17) is 10.4 Å². The summed E-state index contributed by atoms with van der Waals surface area (Å²) in [6.07, 6.45) is 0. The first kappa shape index (κ1) is 10.4. The molecule has 2 unspecified atom stereocenters. The second-order valence-corrected chi connectivity index (χ2v) is 3.05. The summed E-state index contributed by atoms with van der Waals surface area (Å²) in [6.45, 7) is 5.89. The lowest BCUT2D eigenvalue weighted by molar-refractivity contribution is 0.207. The van der Waals surface area contributed by atoms with Crippen LogP contribution in [0.15, 0.2) is 0 Å². The van der Waals surface area contributed by atoms with Crippen LogP contribution in [0.2, 0.25) is 0 Å². The molecular weight excluding hydrogens is 140 g/mol. The van der Waals surface area contributed by atoms with Crippen molar-refractivity contribution in [1.82, 2.24) is 5.32 Å². The normalized spacial score (nSPS) is 16.0. The highest BCUT2D eigenvalue weighted by molar-refractivity contribution is 4.88. The Labute approximate surface area is 68.0 Å². The number of hydrogen-bond donors (Lipinski definition) is 2. The fraction of sp³-hybridized carbons (Fsp3) is 0.875. The Hall–Kier alpha value is -0.590. The molecule has 0 bridgehead atoms. The van der Waals surface area contributed by atoms with Gasteiger partial charge in [-0.3, -0.25) is 5.32 Å². The van der Waals surface area contributed by atoms with Gasteiger partial charge in [-0.05, 0) is 12.8 Å². The lowest BCUT2D eigenvalue weighted by atomic mass is 10.0. The SMILES string of the molecule is CC(C#N)NC(CO)C(C)C. The summed E-state index contributed by atoms with van der Waals surface area (Å²) in [7, 11) is 0. The van der Waals surface area contributed by atoms with Gasteiger partial charge < -0.3 is 5.11 Å². The number of nitrogens with one attached hydrogen (secondary N) is 1. The fourth-order valence-electron chi connectivity index (χ4n) is 0.814. The molecule has 11 heavy (non-hydrogen) atoms. The topological polar surface area (TPSA) is 56.0 Å². The molecule has 0 aromatic rings. The minimum atomic E-state index is -0.186. The van der Waals surface area contributed by atoms with Gasteiger partial charge in [0.25, 0.3) is 0 Å². The number of aliphatic hydroxyl groups excluding tert-OH is 1. The van der Waals surface area contributed by atoms with Gasteiger partial charge in [-0.2, -0.15) is 5.26 Å². The van der Waals surface area contributed by atoms with Crippen LogP contribution in [0.3, 0.4) is 0 Å². The van der Waals surface area contributed by atoms with Gasteiger partial charge in [-0.25, -0.2) is 0 Å². The van der Waals surface area contributed by atoms with Crippen molar-refractivity contribution in [3.63, 3.8) is 0 Å². The van der Waals surface area contributed by atoms with Gasteiger partial charge in [0.2, 0.25) is 0 Å². The number of hydrogen-bond acceptors (Lipinski definition) is 3. The molecule has 64 valence electrons. The van der Waals surface area contributed by atoms with Crippen molar-refractivity contribution < 1.29 is 5.11 Å². The Morgan fingerprint density at radius 1 is 1.45 bits per heavy atom. The van der Waals surface area contributed by atoms with Crippen molar-refractivity contribution in [3.05, 3.63) is 0 Å². The zero-order valence-electron chi connectivity index (χ0n) is 7.33. The van der Waals surface area contributed by atoms with E-state index >= 15 is 0 Å². The molecule has 0 aliphatic heterocycles. The standard InChI is InChI=1S/C8H16N2O/c1-6(2)8(5-11)10-7(3)4-9/h6-8,10-11H,5H2,1-3H3. The van der Waals surface area contributed by atoms with Crippen molar-refractivity contribution in [2.45, 2.75) is 32.9 Å². The van der Waals surface area contributed by atoms with Gasteiger partial charge in [-0.1, -0.05) is 13.8 Å². The van der Waals surface area contributed by atoms with E-state index in [0.717, 1.165) is 0 Å². The molecule has 0 aliphatic carbocycles. The summed E-state index contributed by atoms with van der Waals surface area (Å²) in [4.78, 5) is 0. The molecule has 0 rings (SSSR count). The maximum Gasteiger partial charge on any atom is 0.0927 e. The maximum atomic E-state index is 8.87. The first-order valence-corrected chi connectivity index (χ1v) is 3.88. The molecule has 0 aromatic carbocycles. The quantitative estimate of drug-likeness (QED) is 0.623. The van der Waals surface area contributed by atoms with Gasteiger partial charge >= 0.3 is 0 Å². The first-order valence-electron chi connectivity index (χ1n) is 3.88. The second-order valence-electron chi connectivity index (χ2n) is 3.05. The molecule has 0 aromatic heterocycles. The second kappa shape index (κ2) is 5.11. The summed E-state index contributed by atoms with van der Waals surface area (Å²) in [5.74, 6) is 0.357. The van der Waals surface area contributed by atoms with E-state index in [2.05, 4.69) is 11.4 Å². The summed E-state index contributed by atoms with van der Waals surface area (Å²) in [5, 5.41) is 20.3. The lowest BCUT2D eigenvalue weighted by Crippen LogP contribution is -2.41. The molecule has 2 N–H and O–H groups in total. The molecule has 3 nitrogen and oxygen atoms in total.